The van der Waals surface area contributed by atoms with E-state index in [2.05, 4.69) is 34.0 Å². The number of anilines is 1. The summed E-state index contributed by atoms with van der Waals surface area (Å²) in [5.74, 6) is 1.04. The third-order valence-electron chi connectivity index (χ3n) is 4.43. The fourth-order valence-electron chi connectivity index (χ4n) is 2.80. The van der Waals surface area contributed by atoms with Gasteiger partial charge in [0.25, 0.3) is 0 Å². The molecule has 0 radical (unpaired) electrons. The Morgan fingerprint density at radius 1 is 1.38 bits per heavy atom. The van der Waals surface area contributed by atoms with Crippen molar-refractivity contribution in [1.29, 1.82) is 0 Å². The topological polar surface area (TPSA) is 66.1 Å². The Balaban J connectivity index is 1.84. The first-order valence-corrected chi connectivity index (χ1v) is 8.78. The van der Waals surface area contributed by atoms with Crippen LogP contribution in [0.2, 0.25) is 5.02 Å². The van der Waals surface area contributed by atoms with Gasteiger partial charge in [-0.15, -0.1) is 0 Å². The summed E-state index contributed by atoms with van der Waals surface area (Å²) in [7, 11) is 1.59. The smallest absolute Gasteiger partial charge is 0.193 e. The first-order valence-electron chi connectivity index (χ1n) is 8.40. The standard InChI is InChI=1S/C17H28ClN5O/c1-4-22-7-9-23(10-8-22)13(2)12-20-17(19)21-14-5-6-16(24-3)15(18)11-14/h5-6,11,13H,4,7-10,12H2,1-3H3,(H3,19,20,21). The van der Waals surface area contributed by atoms with Gasteiger partial charge in [-0.1, -0.05) is 18.5 Å². The molecule has 3 N–H and O–H groups in total. The Labute approximate surface area is 149 Å². The van der Waals surface area contributed by atoms with Crippen LogP contribution in [0.15, 0.2) is 23.2 Å². The average molecular weight is 354 g/mol. The number of aliphatic imine (C=N–C) groups is 1. The van der Waals surface area contributed by atoms with E-state index < -0.39 is 0 Å². The van der Waals surface area contributed by atoms with Crippen LogP contribution in [-0.2, 0) is 0 Å². The van der Waals surface area contributed by atoms with E-state index in [-0.39, 0.29) is 0 Å². The number of methoxy groups -OCH3 is 1. The number of hydrogen-bond donors (Lipinski definition) is 2. The van der Waals surface area contributed by atoms with Crippen molar-refractivity contribution < 1.29 is 4.74 Å². The third kappa shape index (κ3) is 5.26. The number of nitrogens with one attached hydrogen (secondary N) is 1. The molecule has 1 saturated heterocycles. The maximum atomic E-state index is 6.11. The number of guanidine groups is 1. The number of ether oxygens (including phenoxy) is 1. The van der Waals surface area contributed by atoms with Crippen LogP contribution in [0.1, 0.15) is 13.8 Å². The van der Waals surface area contributed by atoms with Crippen LogP contribution in [-0.4, -0.2) is 68.2 Å². The van der Waals surface area contributed by atoms with E-state index in [4.69, 9.17) is 22.1 Å². The minimum absolute atomic E-state index is 0.379. The minimum atomic E-state index is 0.379. The highest BCUT2D eigenvalue weighted by Gasteiger charge is 2.19. The van der Waals surface area contributed by atoms with Crippen molar-refractivity contribution in [2.45, 2.75) is 19.9 Å². The number of nitrogens with zero attached hydrogens (tertiary/aromatic N) is 3. The van der Waals surface area contributed by atoms with Crippen LogP contribution in [0.25, 0.3) is 0 Å². The van der Waals surface area contributed by atoms with Gasteiger partial charge in [0, 0.05) is 37.9 Å². The van der Waals surface area contributed by atoms with E-state index >= 15 is 0 Å². The highest BCUT2D eigenvalue weighted by molar-refractivity contribution is 6.32. The van der Waals surface area contributed by atoms with E-state index in [1.807, 2.05) is 6.07 Å². The number of halogens is 1. The zero-order chi connectivity index (χ0) is 17.5. The molecular formula is C17H28ClN5O. The van der Waals surface area contributed by atoms with E-state index in [1.165, 1.54) is 0 Å². The summed E-state index contributed by atoms with van der Waals surface area (Å²) >= 11 is 6.11. The second-order valence-corrected chi connectivity index (χ2v) is 6.43. The zero-order valence-electron chi connectivity index (χ0n) is 14.8. The summed E-state index contributed by atoms with van der Waals surface area (Å²) in [5, 5.41) is 3.61. The molecule has 134 valence electrons. The first kappa shape index (κ1) is 18.8. The Bertz CT molecular complexity index is 558. The molecule has 1 heterocycles. The van der Waals surface area contributed by atoms with Crippen molar-refractivity contribution in [3.63, 3.8) is 0 Å². The van der Waals surface area contributed by atoms with Gasteiger partial charge in [-0.25, -0.2) is 0 Å². The van der Waals surface area contributed by atoms with E-state index in [1.54, 1.807) is 19.2 Å². The molecule has 1 atom stereocenters. The lowest BCUT2D eigenvalue weighted by Crippen LogP contribution is -2.50. The van der Waals surface area contributed by atoms with Crippen molar-refractivity contribution in [1.82, 2.24) is 9.80 Å². The van der Waals surface area contributed by atoms with Crippen LogP contribution in [0.5, 0.6) is 5.75 Å². The lowest BCUT2D eigenvalue weighted by molar-refractivity contribution is 0.109. The minimum Gasteiger partial charge on any atom is -0.495 e. The molecule has 2 rings (SSSR count). The van der Waals surface area contributed by atoms with Crippen molar-refractivity contribution in [2.24, 2.45) is 10.7 Å². The number of rotatable bonds is 6. The van der Waals surface area contributed by atoms with Crippen molar-refractivity contribution >= 4 is 23.2 Å². The second kappa shape index (κ2) is 9.11. The van der Waals surface area contributed by atoms with Gasteiger partial charge in [-0.3, -0.25) is 9.89 Å². The van der Waals surface area contributed by atoms with Crippen LogP contribution < -0.4 is 15.8 Å². The number of hydrogen-bond acceptors (Lipinski definition) is 4. The normalized spacial score (nSPS) is 18.4. The van der Waals surface area contributed by atoms with Crippen LogP contribution in [0.4, 0.5) is 5.69 Å². The summed E-state index contributed by atoms with van der Waals surface area (Å²) in [4.78, 5) is 9.39. The van der Waals surface area contributed by atoms with Crippen LogP contribution >= 0.6 is 11.6 Å². The average Bonchev–Trinajstić information content (AvgIpc) is 2.60. The first-order chi connectivity index (χ1) is 11.5. The van der Waals surface area contributed by atoms with Crippen LogP contribution in [0, 0.1) is 0 Å². The van der Waals surface area contributed by atoms with Gasteiger partial charge >= 0.3 is 0 Å². The van der Waals surface area contributed by atoms with Crippen LogP contribution in [0.3, 0.4) is 0 Å². The van der Waals surface area contributed by atoms with Crippen molar-refractivity contribution in [3.05, 3.63) is 23.2 Å². The lowest BCUT2D eigenvalue weighted by atomic mass is 10.2. The SMILES string of the molecule is CCN1CCN(C(C)CN=C(N)Nc2ccc(OC)c(Cl)c2)CC1. The van der Waals surface area contributed by atoms with Gasteiger partial charge < -0.3 is 20.7 Å². The van der Waals surface area contributed by atoms with Gasteiger partial charge in [0.05, 0.1) is 18.7 Å². The fraction of sp³-hybridized carbons (Fsp3) is 0.588. The Kier molecular flexibility index (Phi) is 7.15. The van der Waals surface area contributed by atoms with E-state index in [9.17, 15) is 0 Å². The molecule has 24 heavy (non-hydrogen) atoms. The Morgan fingerprint density at radius 3 is 2.67 bits per heavy atom. The zero-order valence-corrected chi connectivity index (χ0v) is 15.5. The van der Waals surface area contributed by atoms with Gasteiger partial charge in [-0.05, 0) is 31.7 Å². The summed E-state index contributed by atoms with van der Waals surface area (Å²) in [6.45, 7) is 10.6. The summed E-state index contributed by atoms with van der Waals surface area (Å²) < 4.78 is 5.14. The summed E-state index contributed by atoms with van der Waals surface area (Å²) in [6, 6.07) is 5.81. The predicted octanol–water partition coefficient (Wildman–Crippen LogP) is 2.10. The van der Waals surface area contributed by atoms with Gasteiger partial charge in [0.15, 0.2) is 5.96 Å². The molecule has 1 aromatic carbocycles. The molecule has 1 unspecified atom stereocenters. The maximum absolute atomic E-state index is 6.11. The predicted molar refractivity (Wildman–Crippen MR) is 101 cm³/mol. The molecule has 1 aliphatic heterocycles. The maximum Gasteiger partial charge on any atom is 0.193 e. The fourth-order valence-corrected chi connectivity index (χ4v) is 3.06. The molecule has 0 aliphatic carbocycles. The largest absolute Gasteiger partial charge is 0.495 e. The molecule has 1 aliphatic rings. The summed E-state index contributed by atoms with van der Waals surface area (Å²) in [5.41, 5.74) is 6.78. The highest BCUT2D eigenvalue weighted by Crippen LogP contribution is 2.27. The third-order valence-corrected chi connectivity index (χ3v) is 4.72. The van der Waals surface area contributed by atoms with Crippen molar-refractivity contribution in [2.75, 3.05) is 51.7 Å². The second-order valence-electron chi connectivity index (χ2n) is 6.02. The molecular weight excluding hydrogens is 326 g/mol. The van der Waals surface area contributed by atoms with Crippen molar-refractivity contribution in [3.8, 4) is 5.75 Å². The molecule has 0 saturated carbocycles. The molecule has 6 nitrogen and oxygen atoms in total. The van der Waals surface area contributed by atoms with Gasteiger partial charge in [-0.2, -0.15) is 0 Å². The Morgan fingerprint density at radius 2 is 2.08 bits per heavy atom. The molecule has 0 aromatic heterocycles. The highest BCUT2D eigenvalue weighted by atomic mass is 35.5. The van der Waals surface area contributed by atoms with Gasteiger partial charge in [0.1, 0.15) is 5.75 Å². The lowest BCUT2D eigenvalue weighted by Gasteiger charge is -2.37. The molecule has 0 amide bonds. The monoisotopic (exact) mass is 353 g/mol. The number of piperazine rings is 1. The number of nitrogens with two attached hydrogens (primary N) is 1. The molecule has 1 fully saturated rings. The number of benzene rings is 1. The molecule has 0 bridgehead atoms. The van der Waals surface area contributed by atoms with E-state index in [0.717, 1.165) is 38.4 Å². The summed E-state index contributed by atoms with van der Waals surface area (Å²) in [6.07, 6.45) is 0. The molecule has 1 aromatic rings. The van der Waals surface area contributed by atoms with Gasteiger partial charge in [0.2, 0.25) is 0 Å². The Hall–Kier alpha value is -1.50. The quantitative estimate of drug-likeness (QED) is 0.605. The molecule has 7 heteroatoms. The van der Waals surface area contributed by atoms with E-state index in [0.29, 0.717) is 29.3 Å². The number of likely N-dealkylation sites (N-methyl/N-ethyl adjacent to an activating group) is 1. The molecule has 0 spiro atoms.